The molecule has 1 heterocycles. The minimum Gasteiger partial charge on any atom is -0.394 e. The number of urea groups is 1. The number of thiophene rings is 1. The van der Waals surface area contributed by atoms with Crippen LogP contribution in [-0.2, 0) is 0 Å². The summed E-state index contributed by atoms with van der Waals surface area (Å²) < 4.78 is 0. The Morgan fingerprint density at radius 1 is 1.59 bits per heavy atom. The molecule has 0 bridgehead atoms. The van der Waals surface area contributed by atoms with E-state index in [-0.39, 0.29) is 18.7 Å². The topological polar surface area (TPSA) is 52.6 Å². The van der Waals surface area contributed by atoms with Gasteiger partial charge in [-0.3, -0.25) is 0 Å². The molecular formula is C12H20N2O2S. The average molecular weight is 256 g/mol. The maximum absolute atomic E-state index is 11.7. The van der Waals surface area contributed by atoms with Crippen molar-refractivity contribution in [3.05, 3.63) is 22.4 Å². The van der Waals surface area contributed by atoms with E-state index in [2.05, 4.69) is 18.3 Å². The number of aliphatic hydroxyl groups is 1. The molecule has 2 amide bonds. The summed E-state index contributed by atoms with van der Waals surface area (Å²) in [6.07, 6.45) is 0. The molecule has 0 fully saturated rings. The maximum Gasteiger partial charge on any atom is 0.317 e. The van der Waals surface area contributed by atoms with Gasteiger partial charge in [0.25, 0.3) is 0 Å². The highest BCUT2D eigenvalue weighted by Gasteiger charge is 2.15. The first kappa shape index (κ1) is 14.0. The zero-order chi connectivity index (χ0) is 12.8. The highest BCUT2D eigenvalue weighted by molar-refractivity contribution is 7.10. The highest BCUT2D eigenvalue weighted by Crippen LogP contribution is 2.19. The third kappa shape index (κ3) is 4.02. The number of carbonyl (C=O) groups excluding carboxylic acids is 1. The standard InChI is InChI=1S/C12H20N2O2S/c1-9(11-5-4-6-17-11)7-13-12(16)14(3)10(2)8-15/h4-6,9-10,15H,7-8H2,1-3H3,(H,13,16). The van der Waals surface area contributed by atoms with E-state index in [0.717, 1.165) is 0 Å². The first-order valence-corrected chi connectivity index (χ1v) is 6.59. The Morgan fingerprint density at radius 3 is 2.82 bits per heavy atom. The Labute approximate surface area is 106 Å². The van der Waals surface area contributed by atoms with Crippen LogP contribution in [0.5, 0.6) is 0 Å². The summed E-state index contributed by atoms with van der Waals surface area (Å²) >= 11 is 1.70. The van der Waals surface area contributed by atoms with E-state index in [1.54, 1.807) is 18.4 Å². The van der Waals surface area contributed by atoms with Gasteiger partial charge < -0.3 is 15.3 Å². The van der Waals surface area contributed by atoms with Gasteiger partial charge in [0.2, 0.25) is 0 Å². The minimum absolute atomic E-state index is 0.0234. The molecule has 4 nitrogen and oxygen atoms in total. The van der Waals surface area contributed by atoms with Crippen LogP contribution in [0.3, 0.4) is 0 Å². The summed E-state index contributed by atoms with van der Waals surface area (Å²) in [4.78, 5) is 14.5. The molecule has 1 rings (SSSR count). The van der Waals surface area contributed by atoms with Gasteiger partial charge >= 0.3 is 6.03 Å². The summed E-state index contributed by atoms with van der Waals surface area (Å²) in [6.45, 7) is 4.48. The van der Waals surface area contributed by atoms with Crippen molar-refractivity contribution in [2.75, 3.05) is 20.2 Å². The number of hydrogen-bond acceptors (Lipinski definition) is 3. The van der Waals surface area contributed by atoms with Gasteiger partial charge in [0.15, 0.2) is 0 Å². The number of amides is 2. The fraction of sp³-hybridized carbons (Fsp3) is 0.583. The Balaban J connectivity index is 2.38. The normalized spacial score (nSPS) is 14.1. The number of nitrogens with one attached hydrogen (secondary N) is 1. The third-order valence-electron chi connectivity index (χ3n) is 2.83. The smallest absolute Gasteiger partial charge is 0.317 e. The summed E-state index contributed by atoms with van der Waals surface area (Å²) in [5.41, 5.74) is 0. The van der Waals surface area contributed by atoms with E-state index in [1.165, 1.54) is 9.78 Å². The Hall–Kier alpha value is -1.07. The first-order valence-electron chi connectivity index (χ1n) is 5.71. The van der Waals surface area contributed by atoms with Crippen LogP contribution in [0, 0.1) is 0 Å². The van der Waals surface area contributed by atoms with Gasteiger partial charge in [-0.15, -0.1) is 11.3 Å². The molecule has 0 aromatic carbocycles. The lowest BCUT2D eigenvalue weighted by atomic mass is 10.1. The molecule has 5 heteroatoms. The van der Waals surface area contributed by atoms with E-state index in [0.29, 0.717) is 12.5 Å². The third-order valence-corrected chi connectivity index (χ3v) is 3.94. The quantitative estimate of drug-likeness (QED) is 0.845. The van der Waals surface area contributed by atoms with Gasteiger partial charge in [-0.05, 0) is 18.4 Å². The van der Waals surface area contributed by atoms with Crippen LogP contribution in [0.25, 0.3) is 0 Å². The van der Waals surface area contributed by atoms with Crippen molar-refractivity contribution in [2.45, 2.75) is 25.8 Å². The van der Waals surface area contributed by atoms with Crippen LogP contribution in [0.15, 0.2) is 17.5 Å². The zero-order valence-electron chi connectivity index (χ0n) is 10.5. The van der Waals surface area contributed by atoms with Crippen molar-refractivity contribution in [3.63, 3.8) is 0 Å². The molecule has 17 heavy (non-hydrogen) atoms. The molecule has 1 aromatic rings. The van der Waals surface area contributed by atoms with Gasteiger partial charge in [-0.25, -0.2) is 4.79 Å². The lowest BCUT2D eigenvalue weighted by Gasteiger charge is -2.24. The number of likely N-dealkylation sites (N-methyl/N-ethyl adjacent to an activating group) is 1. The van der Waals surface area contributed by atoms with Crippen LogP contribution in [0.4, 0.5) is 4.79 Å². The summed E-state index contributed by atoms with van der Waals surface area (Å²) in [7, 11) is 1.69. The summed E-state index contributed by atoms with van der Waals surface area (Å²) in [5.74, 6) is 0.316. The number of aliphatic hydroxyl groups excluding tert-OH is 1. The molecule has 0 aliphatic heterocycles. The van der Waals surface area contributed by atoms with E-state index in [1.807, 2.05) is 18.4 Å². The number of nitrogens with zero attached hydrogens (tertiary/aromatic N) is 1. The molecule has 0 radical (unpaired) electrons. The fourth-order valence-electron chi connectivity index (χ4n) is 1.36. The van der Waals surface area contributed by atoms with Crippen molar-refractivity contribution in [2.24, 2.45) is 0 Å². The Kier molecular flexibility index (Phi) is 5.44. The monoisotopic (exact) mass is 256 g/mol. The molecule has 0 aliphatic carbocycles. The average Bonchev–Trinajstić information content (AvgIpc) is 2.87. The largest absolute Gasteiger partial charge is 0.394 e. The first-order chi connectivity index (χ1) is 8.06. The number of hydrogen-bond donors (Lipinski definition) is 2. The summed E-state index contributed by atoms with van der Waals surface area (Å²) in [5, 5.41) is 13.9. The molecule has 0 saturated heterocycles. The second-order valence-corrected chi connectivity index (χ2v) is 5.22. The van der Waals surface area contributed by atoms with Crippen LogP contribution in [0.2, 0.25) is 0 Å². The van der Waals surface area contributed by atoms with Gasteiger partial charge in [0, 0.05) is 24.4 Å². The van der Waals surface area contributed by atoms with Crippen molar-refractivity contribution >= 4 is 17.4 Å². The predicted molar refractivity (Wildman–Crippen MR) is 70.4 cm³/mol. The fourth-order valence-corrected chi connectivity index (χ4v) is 2.15. The highest BCUT2D eigenvalue weighted by atomic mass is 32.1. The maximum atomic E-state index is 11.7. The van der Waals surface area contributed by atoms with Gasteiger partial charge in [0.1, 0.15) is 0 Å². The van der Waals surface area contributed by atoms with Crippen molar-refractivity contribution in [1.82, 2.24) is 10.2 Å². The molecular weight excluding hydrogens is 236 g/mol. The van der Waals surface area contributed by atoms with E-state index >= 15 is 0 Å². The van der Waals surface area contributed by atoms with Crippen LogP contribution < -0.4 is 5.32 Å². The zero-order valence-corrected chi connectivity index (χ0v) is 11.3. The molecule has 0 saturated carbocycles. The Bertz CT molecular complexity index is 340. The van der Waals surface area contributed by atoms with E-state index < -0.39 is 0 Å². The molecule has 0 aliphatic rings. The molecule has 2 atom stereocenters. The van der Waals surface area contributed by atoms with Gasteiger partial charge in [-0.2, -0.15) is 0 Å². The number of carbonyl (C=O) groups is 1. The van der Waals surface area contributed by atoms with Crippen LogP contribution >= 0.6 is 11.3 Å². The second kappa shape index (κ2) is 6.61. The Morgan fingerprint density at radius 2 is 2.29 bits per heavy atom. The molecule has 2 unspecified atom stereocenters. The SMILES string of the molecule is CC(CNC(=O)N(C)C(C)CO)c1cccs1. The van der Waals surface area contributed by atoms with Gasteiger partial charge in [-0.1, -0.05) is 13.0 Å². The van der Waals surface area contributed by atoms with Crippen molar-refractivity contribution in [1.29, 1.82) is 0 Å². The van der Waals surface area contributed by atoms with Crippen molar-refractivity contribution in [3.8, 4) is 0 Å². The van der Waals surface area contributed by atoms with Crippen molar-refractivity contribution < 1.29 is 9.90 Å². The van der Waals surface area contributed by atoms with E-state index in [9.17, 15) is 4.79 Å². The molecule has 2 N–H and O–H groups in total. The second-order valence-electron chi connectivity index (χ2n) is 4.25. The number of rotatable bonds is 5. The molecule has 96 valence electrons. The predicted octanol–water partition coefficient (Wildman–Crippen LogP) is 1.87. The lowest BCUT2D eigenvalue weighted by Crippen LogP contribution is -2.44. The molecule has 0 spiro atoms. The minimum atomic E-state index is -0.160. The lowest BCUT2D eigenvalue weighted by molar-refractivity contribution is 0.157. The summed E-state index contributed by atoms with van der Waals surface area (Å²) in [6, 6.07) is 3.78. The molecule has 1 aromatic heterocycles. The van der Waals surface area contributed by atoms with Gasteiger partial charge in [0.05, 0.1) is 12.6 Å². The van der Waals surface area contributed by atoms with E-state index in [4.69, 9.17) is 5.11 Å². The van der Waals surface area contributed by atoms with Crippen LogP contribution in [0.1, 0.15) is 24.6 Å². The van der Waals surface area contributed by atoms with Crippen LogP contribution in [-0.4, -0.2) is 42.3 Å².